The number of carbonyl (C=O) groups is 2. The van der Waals surface area contributed by atoms with Crippen LogP contribution in [0.25, 0.3) is 0 Å². The SMILES string of the molecule is Cc1cc(C)c(NC(=O)CNC(=O)C2CC2c2cccc(Br)c2)c(C)c1. The second kappa shape index (κ2) is 7.62. The van der Waals surface area contributed by atoms with Gasteiger partial charge in [0.25, 0.3) is 0 Å². The standard InChI is InChI=1S/C21H23BrN2O2/c1-12-7-13(2)20(14(3)8-12)24-19(25)11-23-21(26)18-10-17(18)15-5-4-6-16(22)9-15/h4-9,17-18H,10-11H2,1-3H3,(H,23,26)(H,24,25). The topological polar surface area (TPSA) is 58.2 Å². The van der Waals surface area contributed by atoms with Gasteiger partial charge in [0, 0.05) is 16.1 Å². The summed E-state index contributed by atoms with van der Waals surface area (Å²) in [7, 11) is 0. The van der Waals surface area contributed by atoms with Gasteiger partial charge in [0.15, 0.2) is 0 Å². The van der Waals surface area contributed by atoms with Gasteiger partial charge >= 0.3 is 0 Å². The second-order valence-corrected chi connectivity index (χ2v) is 7.96. The Morgan fingerprint density at radius 1 is 1.12 bits per heavy atom. The maximum Gasteiger partial charge on any atom is 0.243 e. The lowest BCUT2D eigenvalue weighted by Gasteiger charge is -2.13. The smallest absolute Gasteiger partial charge is 0.243 e. The number of anilines is 1. The average molecular weight is 415 g/mol. The molecule has 3 rings (SSSR count). The van der Waals surface area contributed by atoms with Gasteiger partial charge in [0.05, 0.1) is 6.54 Å². The second-order valence-electron chi connectivity index (χ2n) is 7.04. The Bertz CT molecular complexity index is 840. The van der Waals surface area contributed by atoms with Crippen molar-refractivity contribution in [3.63, 3.8) is 0 Å². The van der Waals surface area contributed by atoms with Crippen molar-refractivity contribution < 1.29 is 9.59 Å². The molecule has 0 radical (unpaired) electrons. The highest BCUT2D eigenvalue weighted by Gasteiger charge is 2.43. The molecule has 2 aromatic rings. The molecule has 0 heterocycles. The monoisotopic (exact) mass is 414 g/mol. The van der Waals surface area contributed by atoms with Crippen LogP contribution in [0.1, 0.15) is 34.6 Å². The van der Waals surface area contributed by atoms with E-state index in [0.29, 0.717) is 0 Å². The summed E-state index contributed by atoms with van der Waals surface area (Å²) >= 11 is 3.46. The predicted molar refractivity (Wildman–Crippen MR) is 107 cm³/mol. The first-order chi connectivity index (χ1) is 12.3. The maximum atomic E-state index is 12.3. The van der Waals surface area contributed by atoms with Crippen molar-refractivity contribution in [3.05, 3.63) is 63.1 Å². The number of carbonyl (C=O) groups excluding carboxylic acids is 2. The van der Waals surface area contributed by atoms with E-state index in [9.17, 15) is 9.59 Å². The quantitative estimate of drug-likeness (QED) is 0.768. The summed E-state index contributed by atoms with van der Waals surface area (Å²) in [5.41, 5.74) is 5.21. The number of halogens is 1. The molecule has 0 aromatic heterocycles. The lowest BCUT2D eigenvalue weighted by Crippen LogP contribution is -2.34. The van der Waals surface area contributed by atoms with Gasteiger partial charge in [-0.3, -0.25) is 9.59 Å². The van der Waals surface area contributed by atoms with E-state index in [1.54, 1.807) is 0 Å². The summed E-state index contributed by atoms with van der Waals surface area (Å²) in [6, 6.07) is 12.1. The van der Waals surface area contributed by atoms with Crippen molar-refractivity contribution in [2.24, 2.45) is 5.92 Å². The fraction of sp³-hybridized carbons (Fsp3) is 0.333. The number of hydrogen-bond donors (Lipinski definition) is 2. The van der Waals surface area contributed by atoms with Gasteiger partial charge in [-0.05, 0) is 61.9 Å². The Morgan fingerprint density at radius 2 is 1.81 bits per heavy atom. The van der Waals surface area contributed by atoms with Gasteiger partial charge < -0.3 is 10.6 Å². The summed E-state index contributed by atoms with van der Waals surface area (Å²) in [5, 5.41) is 5.68. The number of aryl methyl sites for hydroxylation is 3. The van der Waals surface area contributed by atoms with Crippen LogP contribution in [0.5, 0.6) is 0 Å². The van der Waals surface area contributed by atoms with Crippen molar-refractivity contribution in [2.75, 3.05) is 11.9 Å². The van der Waals surface area contributed by atoms with E-state index in [0.717, 1.165) is 33.3 Å². The van der Waals surface area contributed by atoms with Crippen LogP contribution in [-0.4, -0.2) is 18.4 Å². The van der Waals surface area contributed by atoms with Crippen LogP contribution in [0.2, 0.25) is 0 Å². The van der Waals surface area contributed by atoms with Crippen molar-refractivity contribution in [3.8, 4) is 0 Å². The van der Waals surface area contributed by atoms with E-state index in [-0.39, 0.29) is 30.2 Å². The van der Waals surface area contributed by atoms with E-state index in [2.05, 4.69) is 26.6 Å². The Kier molecular flexibility index (Phi) is 5.47. The third-order valence-electron chi connectivity index (χ3n) is 4.77. The molecule has 1 aliphatic rings. The molecule has 1 saturated carbocycles. The molecule has 0 spiro atoms. The molecule has 4 nitrogen and oxygen atoms in total. The molecule has 0 bridgehead atoms. The first-order valence-electron chi connectivity index (χ1n) is 8.76. The lowest BCUT2D eigenvalue weighted by molar-refractivity contribution is -0.125. The highest BCUT2D eigenvalue weighted by Crippen LogP contribution is 2.47. The summed E-state index contributed by atoms with van der Waals surface area (Å²) in [6.45, 7) is 5.97. The molecule has 2 amide bonds. The molecule has 1 fully saturated rings. The van der Waals surface area contributed by atoms with Crippen molar-refractivity contribution >= 4 is 33.4 Å². The lowest BCUT2D eigenvalue weighted by atomic mass is 10.1. The first kappa shape index (κ1) is 18.6. The van der Waals surface area contributed by atoms with E-state index >= 15 is 0 Å². The minimum atomic E-state index is -0.201. The average Bonchev–Trinajstić information content (AvgIpc) is 3.37. The predicted octanol–water partition coefficient (Wildman–Crippen LogP) is 4.23. The molecule has 2 atom stereocenters. The van der Waals surface area contributed by atoms with Gasteiger partial charge in [0.1, 0.15) is 0 Å². The van der Waals surface area contributed by atoms with Gasteiger partial charge in [-0.15, -0.1) is 0 Å². The van der Waals surface area contributed by atoms with E-state index in [1.807, 2.05) is 57.2 Å². The number of rotatable bonds is 5. The molecule has 5 heteroatoms. The molecule has 0 aliphatic heterocycles. The van der Waals surface area contributed by atoms with Crippen LogP contribution in [0.3, 0.4) is 0 Å². The van der Waals surface area contributed by atoms with Crippen LogP contribution in [0.4, 0.5) is 5.69 Å². The summed E-state index contributed by atoms with van der Waals surface area (Å²) in [6.07, 6.45) is 0.833. The van der Waals surface area contributed by atoms with Gasteiger partial charge in [-0.2, -0.15) is 0 Å². The maximum absolute atomic E-state index is 12.3. The zero-order valence-corrected chi connectivity index (χ0v) is 16.8. The van der Waals surface area contributed by atoms with Crippen LogP contribution in [0.15, 0.2) is 40.9 Å². The van der Waals surface area contributed by atoms with Crippen molar-refractivity contribution in [2.45, 2.75) is 33.1 Å². The molecule has 0 saturated heterocycles. The molecule has 2 aromatic carbocycles. The molecule has 136 valence electrons. The zero-order chi connectivity index (χ0) is 18.8. The van der Waals surface area contributed by atoms with Crippen molar-refractivity contribution in [1.82, 2.24) is 5.32 Å². The third-order valence-corrected chi connectivity index (χ3v) is 5.26. The number of nitrogens with one attached hydrogen (secondary N) is 2. The van der Waals surface area contributed by atoms with Gasteiger partial charge in [-0.1, -0.05) is 45.8 Å². The van der Waals surface area contributed by atoms with Crippen LogP contribution in [-0.2, 0) is 9.59 Å². The number of hydrogen-bond acceptors (Lipinski definition) is 2. The fourth-order valence-corrected chi connectivity index (χ4v) is 3.87. The fourth-order valence-electron chi connectivity index (χ4n) is 3.45. The Labute approximate surface area is 162 Å². The highest BCUT2D eigenvalue weighted by atomic mass is 79.9. The largest absolute Gasteiger partial charge is 0.347 e. The Morgan fingerprint density at radius 3 is 2.46 bits per heavy atom. The van der Waals surface area contributed by atoms with E-state index in [1.165, 1.54) is 5.56 Å². The minimum Gasteiger partial charge on any atom is -0.347 e. The van der Waals surface area contributed by atoms with E-state index < -0.39 is 0 Å². The Balaban J connectivity index is 1.52. The van der Waals surface area contributed by atoms with Crippen LogP contribution < -0.4 is 10.6 Å². The summed E-state index contributed by atoms with van der Waals surface area (Å²) in [5.74, 6) is -0.0485. The number of benzene rings is 2. The molecular weight excluding hydrogens is 392 g/mol. The van der Waals surface area contributed by atoms with Crippen LogP contribution in [0, 0.1) is 26.7 Å². The van der Waals surface area contributed by atoms with Gasteiger partial charge in [0.2, 0.25) is 11.8 Å². The number of amides is 2. The normalized spacial score (nSPS) is 18.3. The van der Waals surface area contributed by atoms with E-state index in [4.69, 9.17) is 0 Å². The summed E-state index contributed by atoms with van der Waals surface area (Å²) < 4.78 is 1.02. The summed E-state index contributed by atoms with van der Waals surface area (Å²) in [4.78, 5) is 24.5. The first-order valence-corrected chi connectivity index (χ1v) is 9.55. The molecule has 2 N–H and O–H groups in total. The molecule has 1 aliphatic carbocycles. The highest BCUT2D eigenvalue weighted by molar-refractivity contribution is 9.10. The molecule has 26 heavy (non-hydrogen) atoms. The molecule has 2 unspecified atom stereocenters. The van der Waals surface area contributed by atoms with Crippen molar-refractivity contribution in [1.29, 1.82) is 0 Å². The molecular formula is C21H23BrN2O2. The van der Waals surface area contributed by atoms with Gasteiger partial charge in [-0.25, -0.2) is 0 Å². The minimum absolute atomic E-state index is 0.00665. The Hall–Kier alpha value is -2.14. The zero-order valence-electron chi connectivity index (χ0n) is 15.2. The third kappa shape index (κ3) is 4.33. The van der Waals surface area contributed by atoms with Crippen LogP contribution >= 0.6 is 15.9 Å².